The molecule has 0 N–H and O–H groups in total. The number of nitrogens with zero attached hydrogens (tertiary/aromatic N) is 5. The van der Waals surface area contributed by atoms with Gasteiger partial charge in [0.25, 0.3) is 5.69 Å². The van der Waals surface area contributed by atoms with Gasteiger partial charge in [-0.25, -0.2) is 0 Å². The van der Waals surface area contributed by atoms with Crippen LogP contribution in [0.5, 0.6) is 0 Å². The van der Waals surface area contributed by atoms with Gasteiger partial charge in [-0.05, 0) is 76.4 Å². The van der Waals surface area contributed by atoms with E-state index in [1.54, 1.807) is 12.1 Å². The van der Waals surface area contributed by atoms with Crippen molar-refractivity contribution in [2.24, 2.45) is 11.8 Å². The van der Waals surface area contributed by atoms with E-state index in [4.69, 9.17) is 4.74 Å². The van der Waals surface area contributed by atoms with Crippen molar-refractivity contribution in [3.05, 3.63) is 34.4 Å². The van der Waals surface area contributed by atoms with Crippen molar-refractivity contribution in [3.63, 3.8) is 0 Å². The molecule has 0 bridgehead atoms. The summed E-state index contributed by atoms with van der Waals surface area (Å²) in [6, 6.07) is 7.62. The lowest BCUT2D eigenvalue weighted by atomic mass is 9.69. The standard InChI is InChI=1S/C29H43N5O5/c1-2-39-28(36)13-5-12-24-23-9-7-15-32-14-6-8-22(29(23)32)20-33(24)27(35)21-30-16-18-31(19-17-30)25-10-3-4-11-26(25)34(37)38/h3-4,10-11,22-24,29H,2,5-9,12-21H2,1H3. The first-order valence-corrected chi connectivity index (χ1v) is 14.9. The van der Waals surface area contributed by atoms with Crippen molar-refractivity contribution in [1.29, 1.82) is 0 Å². The molecule has 10 heteroatoms. The number of carbonyl (C=O) groups is 2. The Labute approximate surface area is 231 Å². The second kappa shape index (κ2) is 12.6. The van der Waals surface area contributed by atoms with Gasteiger partial charge in [0, 0.05) is 57.3 Å². The molecule has 4 aliphatic heterocycles. The van der Waals surface area contributed by atoms with E-state index in [0.717, 1.165) is 25.8 Å². The molecule has 0 aromatic heterocycles. The predicted octanol–water partition coefficient (Wildman–Crippen LogP) is 3.15. The molecule has 4 unspecified atom stereocenters. The first-order chi connectivity index (χ1) is 19.0. The zero-order chi connectivity index (χ0) is 27.4. The lowest BCUT2D eigenvalue weighted by molar-refractivity contribution is -0.384. The van der Waals surface area contributed by atoms with Crippen LogP contribution in [0.15, 0.2) is 24.3 Å². The maximum absolute atomic E-state index is 13.9. The first-order valence-electron chi connectivity index (χ1n) is 14.9. The number of hydrogen-bond donors (Lipinski definition) is 0. The topological polar surface area (TPSA) is 99.5 Å². The Bertz CT molecular complexity index is 1030. The van der Waals surface area contributed by atoms with Crippen LogP contribution in [0.3, 0.4) is 0 Å². The quantitative estimate of drug-likeness (QED) is 0.267. The molecule has 0 aliphatic carbocycles. The maximum atomic E-state index is 13.9. The third-order valence-corrected chi connectivity index (χ3v) is 9.33. The summed E-state index contributed by atoms with van der Waals surface area (Å²) in [6.45, 7) is 8.48. The molecule has 4 saturated heterocycles. The second-order valence-electron chi connectivity index (χ2n) is 11.6. The highest BCUT2D eigenvalue weighted by atomic mass is 16.6. The number of benzene rings is 1. The molecule has 1 amide bonds. The minimum atomic E-state index is -0.325. The van der Waals surface area contributed by atoms with Gasteiger partial charge in [0.1, 0.15) is 5.69 Å². The van der Waals surface area contributed by atoms with Crippen LogP contribution < -0.4 is 4.90 Å². The van der Waals surface area contributed by atoms with Gasteiger partial charge in [-0.1, -0.05) is 12.1 Å². The largest absolute Gasteiger partial charge is 0.466 e. The molecule has 1 aromatic carbocycles. The Hall–Kier alpha value is -2.72. The molecule has 0 radical (unpaired) electrons. The van der Waals surface area contributed by atoms with Crippen LogP contribution >= 0.6 is 0 Å². The molecule has 39 heavy (non-hydrogen) atoms. The number of nitro benzene ring substituents is 1. The number of nitro groups is 1. The van der Waals surface area contributed by atoms with E-state index in [9.17, 15) is 19.7 Å². The lowest BCUT2D eigenvalue weighted by Gasteiger charge is -2.57. The summed E-state index contributed by atoms with van der Waals surface area (Å²) in [7, 11) is 0. The average Bonchev–Trinajstić information content (AvgIpc) is 2.94. The number of likely N-dealkylation sites (tertiary alicyclic amines) is 1. The summed E-state index contributed by atoms with van der Waals surface area (Å²) >= 11 is 0. The third kappa shape index (κ3) is 6.22. The summed E-state index contributed by atoms with van der Waals surface area (Å²) < 4.78 is 5.16. The maximum Gasteiger partial charge on any atom is 0.305 e. The third-order valence-electron chi connectivity index (χ3n) is 9.33. The van der Waals surface area contributed by atoms with Gasteiger partial charge in [0.15, 0.2) is 0 Å². The van der Waals surface area contributed by atoms with E-state index < -0.39 is 0 Å². The van der Waals surface area contributed by atoms with Crippen LogP contribution in [-0.4, -0.2) is 103 Å². The van der Waals surface area contributed by atoms with E-state index in [2.05, 4.69) is 19.6 Å². The van der Waals surface area contributed by atoms with Crippen molar-refractivity contribution in [3.8, 4) is 0 Å². The SMILES string of the molecule is CCOC(=O)CCCC1C2CCCN3CCCC(CN1C(=O)CN1CCN(c4ccccc4[N+](=O)[O-])CC1)C23. The fourth-order valence-corrected chi connectivity index (χ4v) is 7.66. The highest BCUT2D eigenvalue weighted by molar-refractivity contribution is 5.79. The summed E-state index contributed by atoms with van der Waals surface area (Å²) in [5.74, 6) is 1.05. The van der Waals surface area contributed by atoms with Gasteiger partial charge in [0.2, 0.25) is 5.91 Å². The van der Waals surface area contributed by atoms with Crippen LogP contribution in [0.25, 0.3) is 0 Å². The number of para-hydroxylation sites is 2. The van der Waals surface area contributed by atoms with Crippen molar-refractivity contribution in [2.45, 2.75) is 64.0 Å². The Balaban J connectivity index is 1.24. The molecule has 5 rings (SSSR count). The van der Waals surface area contributed by atoms with E-state index in [1.807, 2.05) is 19.1 Å². The molecular weight excluding hydrogens is 498 g/mol. The van der Waals surface area contributed by atoms with Crippen LogP contribution in [0.4, 0.5) is 11.4 Å². The van der Waals surface area contributed by atoms with Crippen molar-refractivity contribution >= 4 is 23.3 Å². The van der Waals surface area contributed by atoms with Crippen molar-refractivity contribution in [2.75, 3.05) is 63.9 Å². The normalized spacial score (nSPS) is 27.6. The van der Waals surface area contributed by atoms with Crippen LogP contribution in [-0.2, 0) is 14.3 Å². The fourth-order valence-electron chi connectivity index (χ4n) is 7.66. The van der Waals surface area contributed by atoms with E-state index >= 15 is 0 Å². The molecule has 4 aliphatic rings. The van der Waals surface area contributed by atoms with Crippen molar-refractivity contribution < 1.29 is 19.2 Å². The molecular formula is C29H43N5O5. The number of piperazine rings is 1. The van der Waals surface area contributed by atoms with Gasteiger partial charge in [-0.2, -0.15) is 0 Å². The highest BCUT2D eigenvalue weighted by Crippen LogP contribution is 2.43. The number of hydrogen-bond acceptors (Lipinski definition) is 8. The number of amides is 1. The smallest absolute Gasteiger partial charge is 0.305 e. The number of ether oxygens (including phenoxy) is 1. The predicted molar refractivity (Wildman–Crippen MR) is 149 cm³/mol. The molecule has 1 aromatic rings. The summed E-state index contributed by atoms with van der Waals surface area (Å²) in [4.78, 5) is 46.2. The highest BCUT2D eigenvalue weighted by Gasteiger charge is 2.49. The van der Waals surface area contributed by atoms with Gasteiger partial charge in [-0.3, -0.25) is 29.5 Å². The monoisotopic (exact) mass is 541 g/mol. The first kappa shape index (κ1) is 27.8. The Morgan fingerprint density at radius 3 is 2.54 bits per heavy atom. The van der Waals surface area contributed by atoms with Crippen LogP contribution in [0.1, 0.15) is 51.9 Å². The van der Waals surface area contributed by atoms with Crippen molar-refractivity contribution in [1.82, 2.24) is 14.7 Å². The second-order valence-corrected chi connectivity index (χ2v) is 11.6. The number of rotatable bonds is 9. The van der Waals surface area contributed by atoms with Gasteiger partial charge < -0.3 is 14.5 Å². The summed E-state index contributed by atoms with van der Waals surface area (Å²) in [5.41, 5.74) is 0.779. The Kier molecular flexibility index (Phi) is 9.02. The fraction of sp³-hybridized carbons (Fsp3) is 0.724. The van der Waals surface area contributed by atoms with Crippen LogP contribution in [0, 0.1) is 22.0 Å². The Morgan fingerprint density at radius 2 is 1.79 bits per heavy atom. The summed E-state index contributed by atoms with van der Waals surface area (Å²) in [5, 5.41) is 11.5. The molecule has 214 valence electrons. The minimum absolute atomic E-state index is 0.129. The van der Waals surface area contributed by atoms with Crippen LogP contribution in [0.2, 0.25) is 0 Å². The minimum Gasteiger partial charge on any atom is -0.466 e. The molecule has 10 nitrogen and oxygen atoms in total. The molecule has 4 fully saturated rings. The number of esters is 1. The number of anilines is 1. The van der Waals surface area contributed by atoms with Gasteiger partial charge >= 0.3 is 5.97 Å². The molecule has 0 saturated carbocycles. The van der Waals surface area contributed by atoms with E-state index in [-0.39, 0.29) is 28.5 Å². The lowest BCUT2D eigenvalue weighted by Crippen LogP contribution is -2.66. The van der Waals surface area contributed by atoms with E-state index in [0.29, 0.717) is 69.3 Å². The van der Waals surface area contributed by atoms with Gasteiger partial charge in [-0.15, -0.1) is 0 Å². The molecule has 0 spiro atoms. The zero-order valence-corrected chi connectivity index (χ0v) is 23.2. The molecule has 4 atom stereocenters. The summed E-state index contributed by atoms with van der Waals surface area (Å²) in [6.07, 6.45) is 6.72. The number of piperidine rings is 3. The zero-order valence-electron chi connectivity index (χ0n) is 23.2. The molecule has 4 heterocycles. The average molecular weight is 542 g/mol. The number of carbonyl (C=O) groups excluding carboxylic acids is 2. The Morgan fingerprint density at radius 1 is 1.05 bits per heavy atom. The van der Waals surface area contributed by atoms with E-state index in [1.165, 1.54) is 32.4 Å². The van der Waals surface area contributed by atoms with Gasteiger partial charge in [0.05, 0.1) is 18.1 Å².